The van der Waals surface area contributed by atoms with Crippen molar-refractivity contribution in [1.82, 2.24) is 0 Å². The van der Waals surface area contributed by atoms with Gasteiger partial charge in [0.1, 0.15) is 5.75 Å². The largest absolute Gasteiger partial charge is 0.449 e. The Morgan fingerprint density at radius 3 is 2.39 bits per heavy atom. The van der Waals surface area contributed by atoms with Gasteiger partial charge in [0.2, 0.25) is 5.75 Å². The van der Waals surface area contributed by atoms with Crippen molar-refractivity contribution < 1.29 is 19.2 Å². The lowest BCUT2D eigenvalue weighted by molar-refractivity contribution is -0.385. The number of nitro benzene ring substituents is 1. The lowest BCUT2D eigenvalue weighted by Gasteiger charge is -2.10. The molecule has 0 unspecified atom stereocenters. The molecule has 0 atom stereocenters. The van der Waals surface area contributed by atoms with Crippen LogP contribution in [0.25, 0.3) is 0 Å². The molecule has 2 aromatic carbocycles. The number of hydrogen-bond acceptors (Lipinski definition) is 5. The molecule has 0 radical (unpaired) electrons. The van der Waals surface area contributed by atoms with Crippen molar-refractivity contribution in [1.29, 1.82) is 0 Å². The first kappa shape index (κ1) is 16.4. The Hall–Kier alpha value is -2.93. The lowest BCUT2D eigenvalue weighted by Crippen LogP contribution is -2.12. The molecule has 0 aromatic heterocycles. The standard InChI is InChI=1S/C15H11ClN2O5/c1-8(19)9-2-4-14(12(6-9)18(21)22)23-13-5-3-10(16)7-11(13)15(17)20/h2-7H,1H3,(H2,17,20). The maximum absolute atomic E-state index is 11.4. The summed E-state index contributed by atoms with van der Waals surface area (Å²) in [5.41, 5.74) is 5.01. The number of halogens is 1. The zero-order valence-corrected chi connectivity index (χ0v) is 12.7. The van der Waals surface area contributed by atoms with Gasteiger partial charge in [0.05, 0.1) is 10.5 Å². The number of rotatable bonds is 5. The normalized spacial score (nSPS) is 10.2. The Kier molecular flexibility index (Phi) is 4.61. The van der Waals surface area contributed by atoms with Gasteiger partial charge >= 0.3 is 5.69 Å². The molecule has 2 aromatic rings. The summed E-state index contributed by atoms with van der Waals surface area (Å²) in [6.07, 6.45) is 0. The van der Waals surface area contributed by atoms with Crippen LogP contribution < -0.4 is 10.5 Å². The van der Waals surface area contributed by atoms with E-state index in [0.717, 1.165) is 6.07 Å². The van der Waals surface area contributed by atoms with Gasteiger partial charge in [-0.25, -0.2) is 0 Å². The fraction of sp³-hybridized carbons (Fsp3) is 0.0667. The Bertz CT molecular complexity index is 820. The van der Waals surface area contributed by atoms with Gasteiger partial charge in [0, 0.05) is 16.7 Å². The van der Waals surface area contributed by atoms with Gasteiger partial charge in [-0.2, -0.15) is 0 Å². The number of benzene rings is 2. The first-order valence-electron chi connectivity index (χ1n) is 6.36. The quantitative estimate of drug-likeness (QED) is 0.512. The predicted molar refractivity (Wildman–Crippen MR) is 83.1 cm³/mol. The Labute approximate surface area is 135 Å². The van der Waals surface area contributed by atoms with Crippen molar-refractivity contribution >= 4 is 29.0 Å². The number of nitrogens with two attached hydrogens (primary N) is 1. The number of amides is 1. The van der Waals surface area contributed by atoms with Crippen LogP contribution in [0.3, 0.4) is 0 Å². The maximum atomic E-state index is 11.4. The van der Waals surface area contributed by atoms with Gasteiger partial charge in [0.25, 0.3) is 5.91 Å². The molecule has 0 heterocycles. The van der Waals surface area contributed by atoms with Gasteiger partial charge in [-0.05, 0) is 37.3 Å². The van der Waals surface area contributed by atoms with Crippen LogP contribution in [-0.2, 0) is 0 Å². The fourth-order valence-corrected chi connectivity index (χ4v) is 2.04. The molecule has 118 valence electrons. The number of nitro groups is 1. The summed E-state index contributed by atoms with van der Waals surface area (Å²) in [6, 6.07) is 7.93. The number of primary amides is 1. The van der Waals surface area contributed by atoms with E-state index < -0.39 is 16.5 Å². The molecule has 2 N–H and O–H groups in total. The molecule has 0 aliphatic carbocycles. The van der Waals surface area contributed by atoms with E-state index in [0.29, 0.717) is 0 Å². The van der Waals surface area contributed by atoms with Gasteiger partial charge < -0.3 is 10.5 Å². The minimum atomic E-state index is -0.787. The van der Waals surface area contributed by atoms with Gasteiger partial charge in [-0.3, -0.25) is 19.7 Å². The van der Waals surface area contributed by atoms with Crippen LogP contribution in [0.1, 0.15) is 27.6 Å². The minimum Gasteiger partial charge on any atom is -0.449 e. The van der Waals surface area contributed by atoms with E-state index in [2.05, 4.69) is 0 Å². The minimum absolute atomic E-state index is 0.0116. The molecule has 8 heteroatoms. The molecular formula is C15H11ClN2O5. The van der Waals surface area contributed by atoms with Crippen LogP contribution >= 0.6 is 11.6 Å². The van der Waals surface area contributed by atoms with E-state index in [1.54, 1.807) is 0 Å². The molecule has 0 saturated carbocycles. The number of hydrogen-bond donors (Lipinski definition) is 1. The van der Waals surface area contributed by atoms with Crippen LogP contribution in [0.2, 0.25) is 5.02 Å². The molecule has 7 nitrogen and oxygen atoms in total. The van der Waals surface area contributed by atoms with Crippen molar-refractivity contribution in [3.8, 4) is 11.5 Å². The SMILES string of the molecule is CC(=O)c1ccc(Oc2ccc(Cl)cc2C(N)=O)c([N+](=O)[O-])c1. The molecule has 0 bridgehead atoms. The number of Topliss-reactive ketones (excluding diaryl/α,β-unsaturated/α-hetero) is 1. The van der Waals surface area contributed by atoms with E-state index in [1.165, 1.54) is 37.3 Å². The fourth-order valence-electron chi connectivity index (χ4n) is 1.87. The molecular weight excluding hydrogens is 324 g/mol. The highest BCUT2D eigenvalue weighted by molar-refractivity contribution is 6.31. The number of ketones is 1. The van der Waals surface area contributed by atoms with E-state index >= 15 is 0 Å². The Morgan fingerprint density at radius 1 is 1.17 bits per heavy atom. The summed E-state index contributed by atoms with van der Waals surface area (Å²) in [4.78, 5) is 33.2. The number of carbonyl (C=O) groups excluding carboxylic acids is 2. The second-order valence-corrected chi connectivity index (χ2v) is 5.04. The highest BCUT2D eigenvalue weighted by atomic mass is 35.5. The molecule has 1 amide bonds. The third-order valence-corrected chi connectivity index (χ3v) is 3.22. The highest BCUT2D eigenvalue weighted by Gasteiger charge is 2.20. The molecule has 23 heavy (non-hydrogen) atoms. The summed E-state index contributed by atoms with van der Waals surface area (Å²) >= 11 is 5.79. The second-order valence-electron chi connectivity index (χ2n) is 4.60. The van der Waals surface area contributed by atoms with Crippen LogP contribution in [-0.4, -0.2) is 16.6 Å². The van der Waals surface area contributed by atoms with Gasteiger partial charge in [-0.15, -0.1) is 0 Å². The summed E-state index contributed by atoms with van der Waals surface area (Å²) in [6.45, 7) is 1.30. The van der Waals surface area contributed by atoms with Crippen LogP contribution in [0, 0.1) is 10.1 Å². The maximum Gasteiger partial charge on any atom is 0.312 e. The molecule has 2 rings (SSSR count). The Balaban J connectivity index is 2.50. The second kappa shape index (κ2) is 6.45. The summed E-state index contributed by atoms with van der Waals surface area (Å²) in [5, 5.41) is 11.4. The van der Waals surface area contributed by atoms with E-state index in [-0.39, 0.29) is 33.4 Å². The number of carbonyl (C=O) groups is 2. The molecule has 0 aliphatic rings. The number of nitrogens with zero attached hydrogens (tertiary/aromatic N) is 1. The lowest BCUT2D eigenvalue weighted by atomic mass is 10.1. The summed E-state index contributed by atoms with van der Waals surface area (Å²) < 4.78 is 5.44. The van der Waals surface area contributed by atoms with E-state index in [1.807, 2.05) is 0 Å². The zero-order valence-electron chi connectivity index (χ0n) is 11.9. The first-order chi connectivity index (χ1) is 10.8. The third-order valence-electron chi connectivity index (χ3n) is 2.99. The highest BCUT2D eigenvalue weighted by Crippen LogP contribution is 2.34. The van der Waals surface area contributed by atoms with Crippen LogP contribution in [0.15, 0.2) is 36.4 Å². The van der Waals surface area contributed by atoms with Crippen molar-refractivity contribution in [2.24, 2.45) is 5.73 Å². The van der Waals surface area contributed by atoms with Crippen molar-refractivity contribution in [2.75, 3.05) is 0 Å². The molecule has 0 fully saturated rings. The molecule has 0 spiro atoms. The van der Waals surface area contributed by atoms with Gasteiger partial charge in [0.15, 0.2) is 5.78 Å². The topological polar surface area (TPSA) is 113 Å². The molecule has 0 saturated heterocycles. The Morgan fingerprint density at radius 2 is 1.83 bits per heavy atom. The smallest absolute Gasteiger partial charge is 0.312 e. The average Bonchev–Trinajstić information content (AvgIpc) is 2.48. The van der Waals surface area contributed by atoms with Gasteiger partial charge in [-0.1, -0.05) is 11.6 Å². The molecule has 0 aliphatic heterocycles. The summed E-state index contributed by atoms with van der Waals surface area (Å²) in [5.74, 6) is -1.19. The third kappa shape index (κ3) is 3.64. The number of ether oxygens (including phenoxy) is 1. The monoisotopic (exact) mass is 334 g/mol. The zero-order chi connectivity index (χ0) is 17.1. The summed E-state index contributed by atoms with van der Waals surface area (Å²) in [7, 11) is 0. The van der Waals surface area contributed by atoms with Crippen molar-refractivity contribution in [3.63, 3.8) is 0 Å². The first-order valence-corrected chi connectivity index (χ1v) is 6.74. The average molecular weight is 335 g/mol. The van der Waals surface area contributed by atoms with Crippen molar-refractivity contribution in [2.45, 2.75) is 6.92 Å². The van der Waals surface area contributed by atoms with Crippen molar-refractivity contribution in [3.05, 3.63) is 62.7 Å². The van der Waals surface area contributed by atoms with Crippen LogP contribution in [0.4, 0.5) is 5.69 Å². The van der Waals surface area contributed by atoms with E-state index in [4.69, 9.17) is 22.1 Å². The van der Waals surface area contributed by atoms with Crippen LogP contribution in [0.5, 0.6) is 11.5 Å². The van der Waals surface area contributed by atoms with E-state index in [9.17, 15) is 19.7 Å². The predicted octanol–water partition coefficient (Wildman–Crippen LogP) is 3.34.